The lowest BCUT2D eigenvalue weighted by atomic mass is 10.1. The van der Waals surface area contributed by atoms with Crippen molar-refractivity contribution in [1.29, 1.82) is 0 Å². The van der Waals surface area contributed by atoms with Crippen molar-refractivity contribution >= 4 is 11.7 Å². The van der Waals surface area contributed by atoms with E-state index in [1.807, 2.05) is 37.3 Å². The average molecular weight is 284 g/mol. The first-order chi connectivity index (χ1) is 10.2. The molecule has 21 heavy (non-hydrogen) atoms. The summed E-state index contributed by atoms with van der Waals surface area (Å²) in [5, 5.41) is 5.73. The zero-order valence-corrected chi connectivity index (χ0v) is 12.3. The van der Waals surface area contributed by atoms with Crippen LogP contribution in [0.15, 0.2) is 54.6 Å². The second-order valence-corrected chi connectivity index (χ2v) is 4.92. The van der Waals surface area contributed by atoms with Crippen LogP contribution in [0, 0.1) is 0 Å². The van der Waals surface area contributed by atoms with Crippen molar-refractivity contribution in [2.24, 2.45) is 0 Å². The van der Waals surface area contributed by atoms with Gasteiger partial charge >= 0.3 is 6.03 Å². The van der Waals surface area contributed by atoms with E-state index in [4.69, 9.17) is 4.74 Å². The molecule has 2 aromatic carbocycles. The third kappa shape index (κ3) is 4.84. The Morgan fingerprint density at radius 1 is 1.10 bits per heavy atom. The number of amides is 2. The predicted octanol–water partition coefficient (Wildman–Crippen LogP) is 3.45. The van der Waals surface area contributed by atoms with Crippen LogP contribution in [0.3, 0.4) is 0 Å². The van der Waals surface area contributed by atoms with Gasteiger partial charge in [-0.25, -0.2) is 4.79 Å². The lowest BCUT2D eigenvalue weighted by Crippen LogP contribution is -2.37. The molecule has 2 rings (SSSR count). The molecule has 1 unspecified atom stereocenters. The minimum atomic E-state index is -0.205. The summed E-state index contributed by atoms with van der Waals surface area (Å²) in [5.74, 6) is 0.762. The van der Waals surface area contributed by atoms with Crippen LogP contribution < -0.4 is 15.4 Å². The number of ether oxygens (including phenoxy) is 1. The Bertz CT molecular complexity index is 567. The standard InChI is InChI=1S/C17H20N2O2/c1-13(12-14-6-4-3-5-7-14)18-17(20)19-15-8-10-16(21-2)11-9-15/h3-11,13H,12H2,1-2H3,(H2,18,19,20). The van der Waals surface area contributed by atoms with Crippen LogP contribution in [0.4, 0.5) is 10.5 Å². The highest BCUT2D eigenvalue weighted by atomic mass is 16.5. The zero-order valence-electron chi connectivity index (χ0n) is 12.3. The molecule has 4 heteroatoms. The number of methoxy groups -OCH3 is 1. The molecule has 1 atom stereocenters. The van der Waals surface area contributed by atoms with Gasteiger partial charge in [0.25, 0.3) is 0 Å². The number of hydrogen-bond acceptors (Lipinski definition) is 2. The first-order valence-electron chi connectivity index (χ1n) is 6.93. The van der Waals surface area contributed by atoms with Crippen LogP contribution in [0.25, 0.3) is 0 Å². The molecule has 110 valence electrons. The predicted molar refractivity (Wildman–Crippen MR) is 84.8 cm³/mol. The number of benzene rings is 2. The van der Waals surface area contributed by atoms with Gasteiger partial charge in [-0.1, -0.05) is 30.3 Å². The Morgan fingerprint density at radius 3 is 2.38 bits per heavy atom. The van der Waals surface area contributed by atoms with E-state index in [0.29, 0.717) is 0 Å². The molecule has 0 saturated heterocycles. The molecule has 0 heterocycles. The highest BCUT2D eigenvalue weighted by molar-refractivity contribution is 5.89. The molecule has 0 spiro atoms. The Morgan fingerprint density at radius 2 is 1.76 bits per heavy atom. The number of hydrogen-bond donors (Lipinski definition) is 2. The summed E-state index contributed by atoms with van der Waals surface area (Å²) in [5.41, 5.74) is 1.94. The van der Waals surface area contributed by atoms with Gasteiger partial charge in [-0.05, 0) is 43.2 Å². The molecule has 0 bridgehead atoms. The molecule has 0 aliphatic heterocycles. The van der Waals surface area contributed by atoms with E-state index < -0.39 is 0 Å². The Balaban J connectivity index is 1.83. The first kappa shape index (κ1) is 14.9. The Labute approximate surface area is 125 Å². The summed E-state index contributed by atoms with van der Waals surface area (Å²) in [6, 6.07) is 17.2. The van der Waals surface area contributed by atoms with E-state index in [9.17, 15) is 4.79 Å². The van der Waals surface area contributed by atoms with E-state index in [1.54, 1.807) is 19.2 Å². The number of urea groups is 1. The third-order valence-electron chi connectivity index (χ3n) is 3.11. The van der Waals surface area contributed by atoms with E-state index >= 15 is 0 Å². The van der Waals surface area contributed by atoms with Gasteiger partial charge in [0, 0.05) is 11.7 Å². The number of carbonyl (C=O) groups excluding carboxylic acids is 1. The van der Waals surface area contributed by atoms with Crippen molar-refractivity contribution in [1.82, 2.24) is 5.32 Å². The second-order valence-electron chi connectivity index (χ2n) is 4.92. The molecule has 2 aromatic rings. The highest BCUT2D eigenvalue weighted by Crippen LogP contribution is 2.14. The van der Waals surface area contributed by atoms with Crippen LogP contribution >= 0.6 is 0 Å². The van der Waals surface area contributed by atoms with E-state index in [2.05, 4.69) is 22.8 Å². The normalized spacial score (nSPS) is 11.5. The lowest BCUT2D eigenvalue weighted by molar-refractivity contribution is 0.249. The first-order valence-corrected chi connectivity index (χ1v) is 6.93. The minimum absolute atomic E-state index is 0.0608. The van der Waals surface area contributed by atoms with Crippen LogP contribution in [-0.2, 0) is 6.42 Å². The SMILES string of the molecule is COc1ccc(NC(=O)NC(C)Cc2ccccc2)cc1. The van der Waals surface area contributed by atoms with Gasteiger partial charge in [0.2, 0.25) is 0 Å². The van der Waals surface area contributed by atoms with Crippen molar-refractivity contribution in [3.05, 3.63) is 60.2 Å². The number of carbonyl (C=O) groups is 1. The van der Waals surface area contributed by atoms with E-state index in [1.165, 1.54) is 5.56 Å². The summed E-state index contributed by atoms with van der Waals surface area (Å²) in [7, 11) is 1.61. The number of rotatable bonds is 5. The average Bonchev–Trinajstić information content (AvgIpc) is 2.48. The van der Waals surface area contributed by atoms with Crippen LogP contribution in [0.2, 0.25) is 0 Å². The van der Waals surface area contributed by atoms with Gasteiger partial charge in [0.1, 0.15) is 5.75 Å². The summed E-state index contributed by atoms with van der Waals surface area (Å²) in [6.07, 6.45) is 0.802. The fraction of sp³-hybridized carbons (Fsp3) is 0.235. The second kappa shape index (κ2) is 7.33. The van der Waals surface area contributed by atoms with Gasteiger partial charge in [-0.15, -0.1) is 0 Å². The largest absolute Gasteiger partial charge is 0.497 e. The quantitative estimate of drug-likeness (QED) is 0.883. The van der Waals surface area contributed by atoms with E-state index in [-0.39, 0.29) is 12.1 Å². The van der Waals surface area contributed by atoms with Crippen molar-refractivity contribution in [3.63, 3.8) is 0 Å². The molecule has 0 aliphatic rings. The van der Waals surface area contributed by atoms with Crippen molar-refractivity contribution in [2.45, 2.75) is 19.4 Å². The molecule has 0 fully saturated rings. The Kier molecular flexibility index (Phi) is 5.21. The fourth-order valence-corrected chi connectivity index (χ4v) is 2.08. The molecular formula is C17H20N2O2. The maximum atomic E-state index is 11.9. The molecule has 0 saturated carbocycles. The molecule has 0 aromatic heterocycles. The van der Waals surface area contributed by atoms with Crippen molar-refractivity contribution in [2.75, 3.05) is 12.4 Å². The monoisotopic (exact) mass is 284 g/mol. The molecule has 2 N–H and O–H groups in total. The topological polar surface area (TPSA) is 50.4 Å². The summed E-state index contributed by atoms with van der Waals surface area (Å²) < 4.78 is 5.08. The van der Waals surface area contributed by atoms with Crippen molar-refractivity contribution in [3.8, 4) is 5.75 Å². The number of anilines is 1. The summed E-state index contributed by atoms with van der Waals surface area (Å²) >= 11 is 0. The lowest BCUT2D eigenvalue weighted by Gasteiger charge is -2.15. The molecular weight excluding hydrogens is 264 g/mol. The summed E-state index contributed by atoms with van der Waals surface area (Å²) in [6.45, 7) is 1.99. The fourth-order valence-electron chi connectivity index (χ4n) is 2.08. The summed E-state index contributed by atoms with van der Waals surface area (Å²) in [4.78, 5) is 11.9. The maximum absolute atomic E-state index is 11.9. The third-order valence-corrected chi connectivity index (χ3v) is 3.11. The molecule has 2 amide bonds. The van der Waals surface area contributed by atoms with Gasteiger partial charge in [-0.3, -0.25) is 0 Å². The van der Waals surface area contributed by atoms with Crippen LogP contribution in [-0.4, -0.2) is 19.2 Å². The van der Waals surface area contributed by atoms with Crippen LogP contribution in [0.1, 0.15) is 12.5 Å². The minimum Gasteiger partial charge on any atom is -0.497 e. The van der Waals surface area contributed by atoms with Gasteiger partial charge in [0.15, 0.2) is 0 Å². The van der Waals surface area contributed by atoms with Gasteiger partial charge in [0.05, 0.1) is 7.11 Å². The molecule has 0 aliphatic carbocycles. The van der Waals surface area contributed by atoms with Crippen molar-refractivity contribution < 1.29 is 9.53 Å². The zero-order chi connectivity index (χ0) is 15.1. The van der Waals surface area contributed by atoms with Gasteiger partial charge < -0.3 is 15.4 Å². The van der Waals surface area contributed by atoms with E-state index in [0.717, 1.165) is 17.9 Å². The Hall–Kier alpha value is -2.49. The smallest absolute Gasteiger partial charge is 0.319 e. The highest BCUT2D eigenvalue weighted by Gasteiger charge is 2.08. The molecule has 4 nitrogen and oxygen atoms in total. The van der Waals surface area contributed by atoms with Gasteiger partial charge in [-0.2, -0.15) is 0 Å². The number of nitrogens with one attached hydrogen (secondary N) is 2. The maximum Gasteiger partial charge on any atom is 0.319 e. The molecule has 0 radical (unpaired) electrons. The van der Waals surface area contributed by atoms with Crippen LogP contribution in [0.5, 0.6) is 5.75 Å².